The molecule has 5 nitrogen and oxygen atoms in total. The molecular formula is C21H21FN4O. The third-order valence-corrected chi connectivity index (χ3v) is 4.09. The monoisotopic (exact) mass is 364 g/mol. The summed E-state index contributed by atoms with van der Waals surface area (Å²) in [6.45, 7) is 6.06. The average Bonchev–Trinajstić information content (AvgIpc) is 2.63. The van der Waals surface area contributed by atoms with Gasteiger partial charge in [0.2, 0.25) is 0 Å². The summed E-state index contributed by atoms with van der Waals surface area (Å²) in [6, 6.07) is 13.7. The van der Waals surface area contributed by atoms with Crippen molar-refractivity contribution >= 4 is 17.4 Å². The number of carbonyl (C=O) groups is 1. The Kier molecular flexibility index (Phi) is 5.45. The van der Waals surface area contributed by atoms with Crippen LogP contribution in [0.4, 0.5) is 15.9 Å². The molecule has 0 aliphatic carbocycles. The first kappa shape index (κ1) is 18.5. The number of anilines is 2. The summed E-state index contributed by atoms with van der Waals surface area (Å²) in [5, 5.41) is 6.05. The minimum Gasteiger partial charge on any atom is -0.347 e. The van der Waals surface area contributed by atoms with Gasteiger partial charge in [-0.25, -0.2) is 14.4 Å². The quantitative estimate of drug-likeness (QED) is 0.711. The van der Waals surface area contributed by atoms with E-state index in [1.807, 2.05) is 32.0 Å². The van der Waals surface area contributed by atoms with Gasteiger partial charge >= 0.3 is 0 Å². The Morgan fingerprint density at radius 2 is 1.74 bits per heavy atom. The van der Waals surface area contributed by atoms with Gasteiger partial charge in [0.1, 0.15) is 23.2 Å². The molecule has 1 aromatic heterocycles. The molecule has 0 aliphatic heterocycles. The van der Waals surface area contributed by atoms with Crippen molar-refractivity contribution < 1.29 is 9.18 Å². The summed E-state index contributed by atoms with van der Waals surface area (Å²) < 4.78 is 13.0. The molecule has 0 saturated carbocycles. The Labute approximate surface area is 157 Å². The zero-order valence-electron chi connectivity index (χ0n) is 15.5. The Hall–Kier alpha value is -3.28. The third kappa shape index (κ3) is 4.88. The summed E-state index contributed by atoms with van der Waals surface area (Å²) in [4.78, 5) is 21.0. The molecule has 3 rings (SSSR count). The van der Waals surface area contributed by atoms with Gasteiger partial charge in [0.15, 0.2) is 0 Å². The van der Waals surface area contributed by atoms with E-state index in [-0.39, 0.29) is 17.4 Å². The molecule has 0 aliphatic rings. The van der Waals surface area contributed by atoms with Crippen molar-refractivity contribution in [2.45, 2.75) is 27.3 Å². The maximum absolute atomic E-state index is 13.0. The van der Waals surface area contributed by atoms with E-state index in [4.69, 9.17) is 0 Å². The van der Waals surface area contributed by atoms with E-state index in [2.05, 4.69) is 20.6 Å². The Balaban J connectivity index is 1.75. The second kappa shape index (κ2) is 7.95. The predicted octanol–water partition coefficient (Wildman–Crippen LogP) is 4.21. The minimum atomic E-state index is -0.311. The zero-order valence-corrected chi connectivity index (χ0v) is 15.5. The van der Waals surface area contributed by atoms with Gasteiger partial charge in [-0.3, -0.25) is 4.79 Å². The molecule has 1 amide bonds. The highest BCUT2D eigenvalue weighted by atomic mass is 19.1. The predicted molar refractivity (Wildman–Crippen MR) is 104 cm³/mol. The number of hydrogen-bond acceptors (Lipinski definition) is 4. The van der Waals surface area contributed by atoms with Crippen molar-refractivity contribution in [3.05, 3.63) is 82.6 Å². The molecule has 0 fully saturated rings. The Bertz CT molecular complexity index is 970. The maximum Gasteiger partial charge on any atom is 0.270 e. The fraction of sp³-hybridized carbons (Fsp3) is 0.190. The van der Waals surface area contributed by atoms with E-state index in [9.17, 15) is 9.18 Å². The summed E-state index contributed by atoms with van der Waals surface area (Å²) in [6.07, 6.45) is 0. The normalized spacial score (nSPS) is 10.5. The summed E-state index contributed by atoms with van der Waals surface area (Å²) in [5.74, 6) is 0.438. The van der Waals surface area contributed by atoms with Crippen LogP contribution in [-0.2, 0) is 6.54 Å². The molecule has 2 N–H and O–H groups in total. The van der Waals surface area contributed by atoms with Crippen LogP contribution in [0, 0.1) is 26.6 Å². The maximum atomic E-state index is 13.0. The molecule has 3 aromatic rings. The molecule has 0 bridgehead atoms. The lowest BCUT2D eigenvalue weighted by Gasteiger charge is -2.12. The molecule has 0 saturated heterocycles. The first-order valence-electron chi connectivity index (χ1n) is 8.63. The summed E-state index contributed by atoms with van der Waals surface area (Å²) in [5.41, 5.74) is 4.23. The van der Waals surface area contributed by atoms with Crippen LogP contribution in [0.3, 0.4) is 0 Å². The van der Waals surface area contributed by atoms with Crippen LogP contribution in [0.15, 0.2) is 48.5 Å². The van der Waals surface area contributed by atoms with Crippen molar-refractivity contribution in [1.82, 2.24) is 15.3 Å². The van der Waals surface area contributed by atoms with Crippen LogP contribution in [-0.4, -0.2) is 15.9 Å². The van der Waals surface area contributed by atoms with Crippen molar-refractivity contribution in [1.29, 1.82) is 0 Å². The number of halogens is 1. The number of aryl methyl sites for hydroxylation is 3. The number of nitrogens with zero attached hydrogens (tertiary/aromatic N) is 2. The van der Waals surface area contributed by atoms with Gasteiger partial charge in [-0.05, 0) is 55.7 Å². The molecule has 6 heteroatoms. The van der Waals surface area contributed by atoms with Gasteiger partial charge in [0.05, 0.1) is 0 Å². The molecule has 138 valence electrons. The van der Waals surface area contributed by atoms with E-state index >= 15 is 0 Å². The zero-order chi connectivity index (χ0) is 19.4. The highest BCUT2D eigenvalue weighted by Crippen LogP contribution is 2.21. The average molecular weight is 364 g/mol. The largest absolute Gasteiger partial charge is 0.347 e. The van der Waals surface area contributed by atoms with Crippen molar-refractivity contribution in [2.24, 2.45) is 0 Å². The van der Waals surface area contributed by atoms with Gasteiger partial charge in [-0.1, -0.05) is 24.3 Å². The van der Waals surface area contributed by atoms with Crippen molar-refractivity contribution in [2.75, 3.05) is 5.32 Å². The van der Waals surface area contributed by atoms with E-state index in [0.717, 1.165) is 22.4 Å². The lowest BCUT2D eigenvalue weighted by atomic mass is 10.1. The molecular weight excluding hydrogens is 343 g/mol. The van der Waals surface area contributed by atoms with Crippen LogP contribution < -0.4 is 10.6 Å². The number of amides is 1. The number of rotatable bonds is 5. The van der Waals surface area contributed by atoms with E-state index in [1.54, 1.807) is 25.1 Å². The number of benzene rings is 2. The number of aromatic nitrogens is 2. The Morgan fingerprint density at radius 1 is 1.00 bits per heavy atom. The third-order valence-electron chi connectivity index (χ3n) is 4.09. The second-order valence-electron chi connectivity index (χ2n) is 6.44. The first-order valence-corrected chi connectivity index (χ1v) is 8.63. The van der Waals surface area contributed by atoms with Crippen LogP contribution in [0.1, 0.15) is 33.0 Å². The summed E-state index contributed by atoms with van der Waals surface area (Å²) >= 11 is 0. The van der Waals surface area contributed by atoms with E-state index in [1.165, 1.54) is 12.1 Å². The molecule has 2 aromatic carbocycles. The van der Waals surface area contributed by atoms with Gasteiger partial charge < -0.3 is 10.6 Å². The van der Waals surface area contributed by atoms with Gasteiger partial charge in [-0.2, -0.15) is 0 Å². The standard InChI is InChI=1S/C21H21FN4O/c1-13-4-5-14(2)18(10-13)26-20-11-19(24-15(3)25-20)21(27)23-12-16-6-8-17(22)9-7-16/h4-11H,12H2,1-3H3,(H,23,27)(H,24,25,26). The molecule has 0 atom stereocenters. The highest BCUT2D eigenvalue weighted by Gasteiger charge is 2.11. The number of carbonyl (C=O) groups excluding carboxylic acids is 1. The highest BCUT2D eigenvalue weighted by molar-refractivity contribution is 5.93. The smallest absolute Gasteiger partial charge is 0.270 e. The SMILES string of the molecule is Cc1ccc(C)c(Nc2cc(C(=O)NCc3ccc(F)cc3)nc(C)n2)c1. The fourth-order valence-electron chi connectivity index (χ4n) is 2.63. The number of hydrogen-bond donors (Lipinski definition) is 2. The van der Waals surface area contributed by atoms with Gasteiger partial charge in [-0.15, -0.1) is 0 Å². The van der Waals surface area contributed by atoms with Crippen LogP contribution in [0.25, 0.3) is 0 Å². The molecule has 1 heterocycles. The van der Waals surface area contributed by atoms with Gasteiger partial charge in [0.25, 0.3) is 5.91 Å². The summed E-state index contributed by atoms with van der Waals surface area (Å²) in [7, 11) is 0. The van der Waals surface area contributed by atoms with Crippen molar-refractivity contribution in [3.63, 3.8) is 0 Å². The molecule has 0 spiro atoms. The fourth-order valence-corrected chi connectivity index (χ4v) is 2.63. The molecule has 0 unspecified atom stereocenters. The second-order valence-corrected chi connectivity index (χ2v) is 6.44. The topological polar surface area (TPSA) is 66.9 Å². The Morgan fingerprint density at radius 3 is 2.48 bits per heavy atom. The molecule has 27 heavy (non-hydrogen) atoms. The van der Waals surface area contributed by atoms with Gasteiger partial charge in [0, 0.05) is 18.3 Å². The van der Waals surface area contributed by atoms with Crippen LogP contribution in [0.5, 0.6) is 0 Å². The van der Waals surface area contributed by atoms with E-state index in [0.29, 0.717) is 18.2 Å². The van der Waals surface area contributed by atoms with Crippen molar-refractivity contribution in [3.8, 4) is 0 Å². The molecule has 0 radical (unpaired) electrons. The lowest BCUT2D eigenvalue weighted by Crippen LogP contribution is -2.24. The minimum absolute atomic E-state index is 0.275. The van der Waals surface area contributed by atoms with Crippen LogP contribution >= 0.6 is 0 Å². The van der Waals surface area contributed by atoms with E-state index < -0.39 is 0 Å². The lowest BCUT2D eigenvalue weighted by molar-refractivity contribution is 0.0945. The number of nitrogens with one attached hydrogen (secondary N) is 2. The van der Waals surface area contributed by atoms with Crippen LogP contribution in [0.2, 0.25) is 0 Å². The first-order chi connectivity index (χ1) is 12.9.